The first-order chi connectivity index (χ1) is 8.17. The van der Waals surface area contributed by atoms with Crippen molar-refractivity contribution >= 4 is 17.3 Å². The number of aryl methyl sites for hydroxylation is 1. The molecule has 18 heavy (non-hydrogen) atoms. The van der Waals surface area contributed by atoms with Gasteiger partial charge in [0.25, 0.3) is 5.69 Å². The molecule has 0 heterocycles. The fraction of sp³-hybridized carbons (Fsp3) is 0.417. The molecule has 6 heteroatoms. The number of carboxylic acid groups (broad SMARTS) is 1. The standard InChI is InChI=1S/C12H16N2O4/c1-8-5-6-9(14(17)18)7-10(8)13(4)12(2,3)11(15)16/h5-7H,1-4H3,(H,15,16). The summed E-state index contributed by atoms with van der Waals surface area (Å²) in [5.74, 6) is -0.990. The highest BCUT2D eigenvalue weighted by molar-refractivity contribution is 5.83. The van der Waals surface area contributed by atoms with Crippen molar-refractivity contribution in [1.82, 2.24) is 0 Å². The van der Waals surface area contributed by atoms with Crippen LogP contribution in [-0.2, 0) is 4.79 Å². The van der Waals surface area contributed by atoms with Crippen LogP contribution in [0.1, 0.15) is 19.4 Å². The van der Waals surface area contributed by atoms with Gasteiger partial charge in [-0.3, -0.25) is 10.1 Å². The van der Waals surface area contributed by atoms with Gasteiger partial charge in [0.15, 0.2) is 0 Å². The summed E-state index contributed by atoms with van der Waals surface area (Å²) >= 11 is 0. The summed E-state index contributed by atoms with van der Waals surface area (Å²) in [6.45, 7) is 4.88. The number of benzene rings is 1. The minimum Gasteiger partial charge on any atom is -0.480 e. The van der Waals surface area contributed by atoms with Crippen LogP contribution in [0, 0.1) is 17.0 Å². The van der Waals surface area contributed by atoms with Gasteiger partial charge in [-0.05, 0) is 26.3 Å². The van der Waals surface area contributed by atoms with Crippen LogP contribution >= 0.6 is 0 Å². The van der Waals surface area contributed by atoms with E-state index in [9.17, 15) is 14.9 Å². The van der Waals surface area contributed by atoms with Gasteiger partial charge in [0.1, 0.15) is 5.54 Å². The molecular formula is C12H16N2O4. The molecule has 0 radical (unpaired) electrons. The van der Waals surface area contributed by atoms with Gasteiger partial charge in [-0.15, -0.1) is 0 Å². The molecule has 1 aromatic carbocycles. The number of anilines is 1. The number of hydrogen-bond acceptors (Lipinski definition) is 4. The lowest BCUT2D eigenvalue weighted by Crippen LogP contribution is -2.48. The zero-order chi connectivity index (χ0) is 14.1. The lowest BCUT2D eigenvalue weighted by atomic mass is 10.0. The minimum atomic E-state index is -1.14. The second kappa shape index (κ2) is 4.64. The molecule has 0 unspecified atom stereocenters. The van der Waals surface area contributed by atoms with Crippen molar-refractivity contribution in [3.8, 4) is 0 Å². The third-order valence-electron chi connectivity index (χ3n) is 3.13. The van der Waals surface area contributed by atoms with Crippen LogP contribution in [-0.4, -0.2) is 28.6 Å². The number of nitro groups is 1. The average Bonchev–Trinajstić information content (AvgIpc) is 2.28. The quantitative estimate of drug-likeness (QED) is 0.656. The van der Waals surface area contributed by atoms with Crippen molar-refractivity contribution in [3.63, 3.8) is 0 Å². The van der Waals surface area contributed by atoms with E-state index in [4.69, 9.17) is 5.11 Å². The summed E-state index contributed by atoms with van der Waals surface area (Å²) in [6.07, 6.45) is 0. The molecule has 0 amide bonds. The molecule has 0 aromatic heterocycles. The second-order valence-corrected chi connectivity index (χ2v) is 4.65. The monoisotopic (exact) mass is 252 g/mol. The van der Waals surface area contributed by atoms with E-state index >= 15 is 0 Å². The van der Waals surface area contributed by atoms with Crippen LogP contribution in [0.4, 0.5) is 11.4 Å². The predicted octanol–water partition coefficient (Wildman–Crippen LogP) is 2.20. The molecule has 0 spiro atoms. The number of carboxylic acids is 1. The molecule has 0 atom stereocenters. The smallest absolute Gasteiger partial charge is 0.328 e. The zero-order valence-corrected chi connectivity index (χ0v) is 10.8. The van der Waals surface area contributed by atoms with E-state index in [-0.39, 0.29) is 5.69 Å². The summed E-state index contributed by atoms with van der Waals surface area (Å²) in [4.78, 5) is 23.0. The van der Waals surface area contributed by atoms with Crippen molar-refractivity contribution in [2.24, 2.45) is 0 Å². The van der Waals surface area contributed by atoms with Gasteiger partial charge in [0, 0.05) is 24.9 Å². The Bertz CT molecular complexity index is 497. The first-order valence-electron chi connectivity index (χ1n) is 5.40. The molecule has 0 aliphatic heterocycles. The molecule has 98 valence electrons. The number of nitro benzene ring substituents is 1. The third-order valence-corrected chi connectivity index (χ3v) is 3.13. The van der Waals surface area contributed by atoms with Gasteiger partial charge >= 0.3 is 5.97 Å². The number of non-ortho nitro benzene ring substituents is 1. The molecule has 0 aliphatic carbocycles. The van der Waals surface area contributed by atoms with Gasteiger partial charge in [-0.25, -0.2) is 4.79 Å². The number of rotatable bonds is 4. The fourth-order valence-corrected chi connectivity index (χ4v) is 1.52. The number of likely N-dealkylation sites (N-methyl/N-ethyl adjacent to an activating group) is 1. The van der Waals surface area contributed by atoms with Crippen LogP contribution < -0.4 is 4.90 Å². The maximum Gasteiger partial charge on any atom is 0.328 e. The number of aliphatic carboxylic acids is 1. The highest BCUT2D eigenvalue weighted by Crippen LogP contribution is 2.29. The Morgan fingerprint density at radius 2 is 2.00 bits per heavy atom. The molecular weight excluding hydrogens is 236 g/mol. The van der Waals surface area contributed by atoms with E-state index in [0.29, 0.717) is 5.69 Å². The Morgan fingerprint density at radius 1 is 1.44 bits per heavy atom. The lowest BCUT2D eigenvalue weighted by Gasteiger charge is -2.34. The summed E-state index contributed by atoms with van der Waals surface area (Å²) in [5.41, 5.74) is 0.137. The van der Waals surface area contributed by atoms with Crippen molar-refractivity contribution in [2.75, 3.05) is 11.9 Å². The molecule has 0 saturated carbocycles. The third kappa shape index (κ3) is 2.42. The van der Waals surface area contributed by atoms with E-state index in [1.165, 1.54) is 17.0 Å². The van der Waals surface area contributed by atoms with Crippen LogP contribution in [0.5, 0.6) is 0 Å². The lowest BCUT2D eigenvalue weighted by molar-refractivity contribution is -0.384. The molecule has 1 N–H and O–H groups in total. The summed E-state index contributed by atoms with van der Waals surface area (Å²) < 4.78 is 0. The zero-order valence-electron chi connectivity index (χ0n) is 10.8. The van der Waals surface area contributed by atoms with E-state index in [1.54, 1.807) is 33.9 Å². The highest BCUT2D eigenvalue weighted by atomic mass is 16.6. The Balaban J connectivity index is 3.28. The largest absolute Gasteiger partial charge is 0.480 e. The fourth-order valence-electron chi connectivity index (χ4n) is 1.52. The van der Waals surface area contributed by atoms with Gasteiger partial charge in [-0.2, -0.15) is 0 Å². The van der Waals surface area contributed by atoms with Gasteiger partial charge in [0.2, 0.25) is 0 Å². The Kier molecular flexibility index (Phi) is 3.59. The Hall–Kier alpha value is -2.11. The molecule has 1 rings (SSSR count). The second-order valence-electron chi connectivity index (χ2n) is 4.65. The Labute approximate surface area is 105 Å². The topological polar surface area (TPSA) is 83.7 Å². The van der Waals surface area contributed by atoms with E-state index in [1.807, 2.05) is 0 Å². The molecule has 0 bridgehead atoms. The molecule has 0 fully saturated rings. The summed E-state index contributed by atoms with van der Waals surface area (Å²) in [6, 6.07) is 4.41. The van der Waals surface area contributed by atoms with Crippen LogP contribution in [0.25, 0.3) is 0 Å². The van der Waals surface area contributed by atoms with Crippen molar-refractivity contribution in [2.45, 2.75) is 26.3 Å². The van der Waals surface area contributed by atoms with Gasteiger partial charge in [-0.1, -0.05) is 6.07 Å². The normalized spacial score (nSPS) is 11.1. The maximum atomic E-state index is 11.2. The van der Waals surface area contributed by atoms with Crippen molar-refractivity contribution in [3.05, 3.63) is 33.9 Å². The van der Waals surface area contributed by atoms with E-state index in [0.717, 1.165) is 5.56 Å². The molecule has 0 saturated heterocycles. The van der Waals surface area contributed by atoms with Gasteiger partial charge in [0.05, 0.1) is 4.92 Å². The van der Waals surface area contributed by atoms with Crippen molar-refractivity contribution in [1.29, 1.82) is 0 Å². The summed E-state index contributed by atoms with van der Waals surface area (Å²) in [5, 5.41) is 19.9. The summed E-state index contributed by atoms with van der Waals surface area (Å²) in [7, 11) is 1.61. The highest BCUT2D eigenvalue weighted by Gasteiger charge is 2.33. The number of carbonyl (C=O) groups is 1. The number of hydrogen-bond donors (Lipinski definition) is 1. The number of nitrogens with zero attached hydrogens (tertiary/aromatic N) is 2. The molecule has 0 aliphatic rings. The van der Waals surface area contributed by atoms with Crippen LogP contribution in [0.2, 0.25) is 0 Å². The first-order valence-corrected chi connectivity index (χ1v) is 5.40. The van der Waals surface area contributed by atoms with Crippen LogP contribution in [0.3, 0.4) is 0 Å². The predicted molar refractivity (Wildman–Crippen MR) is 68.0 cm³/mol. The molecule has 6 nitrogen and oxygen atoms in total. The maximum absolute atomic E-state index is 11.2. The first kappa shape index (κ1) is 14.0. The van der Waals surface area contributed by atoms with Crippen LogP contribution in [0.15, 0.2) is 18.2 Å². The average molecular weight is 252 g/mol. The van der Waals surface area contributed by atoms with Crippen molar-refractivity contribution < 1.29 is 14.8 Å². The Morgan fingerprint density at radius 3 is 2.44 bits per heavy atom. The SMILES string of the molecule is Cc1ccc([N+](=O)[O-])cc1N(C)C(C)(C)C(=O)O. The molecule has 1 aromatic rings. The van der Waals surface area contributed by atoms with E-state index in [2.05, 4.69) is 0 Å². The van der Waals surface area contributed by atoms with Gasteiger partial charge < -0.3 is 10.0 Å². The van der Waals surface area contributed by atoms with E-state index < -0.39 is 16.4 Å². The minimum absolute atomic E-state index is 0.0522.